The van der Waals surface area contributed by atoms with Gasteiger partial charge in [-0.1, -0.05) is 19.3 Å². The number of rotatable bonds is 3. The third kappa shape index (κ3) is 3.92. The summed E-state index contributed by atoms with van der Waals surface area (Å²) < 4.78 is 0. The summed E-state index contributed by atoms with van der Waals surface area (Å²) in [5, 5.41) is 0. The molecule has 2 unspecified atom stereocenters. The lowest BCUT2D eigenvalue weighted by Crippen LogP contribution is -2.59. The minimum Gasteiger partial charge on any atom is -0.399 e. The molecule has 1 saturated carbocycles. The number of carbonyl (C=O) groups excluding carboxylic acids is 1. The van der Waals surface area contributed by atoms with Crippen LogP contribution in [0, 0.1) is 5.92 Å². The molecular formula is C20H31N3O. The maximum atomic E-state index is 12.9. The Balaban J connectivity index is 1.62. The fourth-order valence-electron chi connectivity index (χ4n) is 4.49. The maximum absolute atomic E-state index is 12.9. The maximum Gasteiger partial charge on any atom is 0.254 e. The van der Waals surface area contributed by atoms with Gasteiger partial charge in [0.25, 0.3) is 5.91 Å². The van der Waals surface area contributed by atoms with Gasteiger partial charge >= 0.3 is 0 Å². The summed E-state index contributed by atoms with van der Waals surface area (Å²) in [6.07, 6.45) is 6.96. The number of nitrogen functional groups attached to an aromatic ring is 1. The zero-order valence-electron chi connectivity index (χ0n) is 15.1. The van der Waals surface area contributed by atoms with Gasteiger partial charge in [-0.05, 0) is 56.9 Å². The predicted octanol–water partition coefficient (Wildman–Crippen LogP) is 3.38. The zero-order chi connectivity index (χ0) is 17.1. The number of anilines is 1. The largest absolute Gasteiger partial charge is 0.399 e. The Morgan fingerprint density at radius 2 is 1.62 bits per heavy atom. The predicted molar refractivity (Wildman–Crippen MR) is 99.0 cm³/mol. The second kappa shape index (κ2) is 7.56. The summed E-state index contributed by atoms with van der Waals surface area (Å²) in [5.41, 5.74) is 7.17. The van der Waals surface area contributed by atoms with Crippen molar-refractivity contribution in [1.29, 1.82) is 0 Å². The zero-order valence-corrected chi connectivity index (χ0v) is 15.1. The number of carbonyl (C=O) groups is 1. The van der Waals surface area contributed by atoms with E-state index in [1.807, 2.05) is 24.3 Å². The molecule has 2 N–H and O–H groups in total. The molecule has 0 radical (unpaired) electrons. The highest BCUT2D eigenvalue weighted by Gasteiger charge is 2.34. The highest BCUT2D eigenvalue weighted by molar-refractivity contribution is 5.95. The Bertz CT molecular complexity index is 539. The number of hydrogen-bond acceptors (Lipinski definition) is 3. The van der Waals surface area contributed by atoms with Gasteiger partial charge in [0, 0.05) is 43.0 Å². The van der Waals surface area contributed by atoms with E-state index in [9.17, 15) is 4.79 Å². The lowest BCUT2D eigenvalue weighted by molar-refractivity contribution is 0.0232. The average Bonchev–Trinajstić information content (AvgIpc) is 2.55. The lowest BCUT2D eigenvalue weighted by Gasteiger charge is -2.45. The molecule has 1 heterocycles. The van der Waals surface area contributed by atoms with E-state index in [4.69, 9.17) is 5.73 Å². The fraction of sp³-hybridized carbons (Fsp3) is 0.650. The number of hydrogen-bond donors (Lipinski definition) is 1. The molecule has 1 aliphatic heterocycles. The van der Waals surface area contributed by atoms with Gasteiger partial charge < -0.3 is 10.6 Å². The molecule has 2 atom stereocenters. The van der Waals surface area contributed by atoms with Crippen LogP contribution in [0.3, 0.4) is 0 Å². The quantitative estimate of drug-likeness (QED) is 0.865. The molecule has 0 aromatic heterocycles. The molecule has 1 aliphatic carbocycles. The summed E-state index contributed by atoms with van der Waals surface area (Å²) in [6, 6.07) is 7.80. The topological polar surface area (TPSA) is 49.6 Å². The SMILES string of the molecule is CC1CN(CC2CCCCC2)CC(C)N1C(=O)c1ccc(N)cc1. The van der Waals surface area contributed by atoms with Gasteiger partial charge in [0.05, 0.1) is 0 Å². The monoisotopic (exact) mass is 329 g/mol. The van der Waals surface area contributed by atoms with Crippen LogP contribution in [-0.2, 0) is 0 Å². The van der Waals surface area contributed by atoms with Crippen LogP contribution in [0.1, 0.15) is 56.3 Å². The first-order chi connectivity index (χ1) is 11.5. The Morgan fingerprint density at radius 1 is 1.04 bits per heavy atom. The van der Waals surface area contributed by atoms with Crippen LogP contribution in [-0.4, -0.2) is 47.4 Å². The molecule has 2 fully saturated rings. The van der Waals surface area contributed by atoms with Crippen LogP contribution in [0.5, 0.6) is 0 Å². The van der Waals surface area contributed by atoms with Crippen LogP contribution in [0.2, 0.25) is 0 Å². The average molecular weight is 329 g/mol. The minimum atomic E-state index is 0.132. The Kier molecular flexibility index (Phi) is 5.44. The van der Waals surface area contributed by atoms with Gasteiger partial charge in [0.2, 0.25) is 0 Å². The molecular weight excluding hydrogens is 298 g/mol. The number of nitrogens with zero attached hydrogens (tertiary/aromatic N) is 2. The minimum absolute atomic E-state index is 0.132. The van der Waals surface area contributed by atoms with Crippen LogP contribution in [0.4, 0.5) is 5.69 Å². The standard InChI is InChI=1S/C20H31N3O/c1-15-12-22(14-17-6-4-3-5-7-17)13-16(2)23(15)20(24)18-8-10-19(21)11-9-18/h8-11,15-17H,3-7,12-14,21H2,1-2H3. The van der Waals surface area contributed by atoms with Crippen molar-refractivity contribution in [3.05, 3.63) is 29.8 Å². The highest BCUT2D eigenvalue weighted by Crippen LogP contribution is 2.26. The van der Waals surface area contributed by atoms with E-state index in [-0.39, 0.29) is 18.0 Å². The molecule has 1 saturated heterocycles. The molecule has 24 heavy (non-hydrogen) atoms. The summed E-state index contributed by atoms with van der Waals surface area (Å²) in [5.74, 6) is 0.991. The molecule has 0 spiro atoms. The highest BCUT2D eigenvalue weighted by atomic mass is 16.2. The first-order valence-electron chi connectivity index (χ1n) is 9.45. The van der Waals surface area contributed by atoms with Gasteiger partial charge in [-0.15, -0.1) is 0 Å². The smallest absolute Gasteiger partial charge is 0.254 e. The summed E-state index contributed by atoms with van der Waals surface area (Å²) in [6.45, 7) is 7.54. The van der Waals surface area contributed by atoms with Gasteiger partial charge in [-0.2, -0.15) is 0 Å². The van der Waals surface area contributed by atoms with Crippen molar-refractivity contribution in [3.8, 4) is 0 Å². The van der Waals surface area contributed by atoms with E-state index >= 15 is 0 Å². The Morgan fingerprint density at radius 3 is 2.21 bits per heavy atom. The van der Waals surface area contributed by atoms with Crippen molar-refractivity contribution in [2.24, 2.45) is 5.92 Å². The van der Waals surface area contributed by atoms with E-state index in [2.05, 4.69) is 23.6 Å². The van der Waals surface area contributed by atoms with Crippen molar-refractivity contribution in [2.45, 2.75) is 58.0 Å². The summed E-state index contributed by atoms with van der Waals surface area (Å²) >= 11 is 0. The van der Waals surface area contributed by atoms with E-state index < -0.39 is 0 Å². The number of nitrogens with two attached hydrogens (primary N) is 1. The van der Waals surface area contributed by atoms with Crippen molar-refractivity contribution >= 4 is 11.6 Å². The summed E-state index contributed by atoms with van der Waals surface area (Å²) in [4.78, 5) is 17.5. The van der Waals surface area contributed by atoms with Gasteiger partial charge in [-0.25, -0.2) is 0 Å². The van der Waals surface area contributed by atoms with E-state index in [0.717, 1.165) is 24.6 Å². The lowest BCUT2D eigenvalue weighted by atomic mass is 9.88. The van der Waals surface area contributed by atoms with E-state index in [0.29, 0.717) is 5.69 Å². The Labute approximate surface area is 146 Å². The van der Waals surface area contributed by atoms with Gasteiger partial charge in [0.1, 0.15) is 0 Å². The first-order valence-corrected chi connectivity index (χ1v) is 9.45. The fourth-order valence-corrected chi connectivity index (χ4v) is 4.49. The van der Waals surface area contributed by atoms with Crippen molar-refractivity contribution in [1.82, 2.24) is 9.80 Å². The van der Waals surface area contributed by atoms with Crippen LogP contribution < -0.4 is 5.73 Å². The molecule has 1 amide bonds. The molecule has 132 valence electrons. The van der Waals surface area contributed by atoms with E-state index in [1.165, 1.54) is 38.6 Å². The molecule has 1 aromatic rings. The van der Waals surface area contributed by atoms with Crippen LogP contribution >= 0.6 is 0 Å². The van der Waals surface area contributed by atoms with Crippen LogP contribution in [0.15, 0.2) is 24.3 Å². The molecule has 4 heteroatoms. The second-order valence-corrected chi connectivity index (χ2v) is 7.76. The van der Waals surface area contributed by atoms with Gasteiger partial charge in [-0.3, -0.25) is 9.69 Å². The second-order valence-electron chi connectivity index (χ2n) is 7.76. The normalized spacial score (nSPS) is 26.5. The van der Waals surface area contributed by atoms with Crippen LogP contribution in [0.25, 0.3) is 0 Å². The molecule has 0 bridgehead atoms. The molecule has 3 rings (SSSR count). The molecule has 4 nitrogen and oxygen atoms in total. The summed E-state index contributed by atoms with van der Waals surface area (Å²) in [7, 11) is 0. The number of amides is 1. The molecule has 2 aliphatic rings. The third-order valence-corrected chi connectivity index (χ3v) is 5.63. The Hall–Kier alpha value is -1.55. The van der Waals surface area contributed by atoms with E-state index in [1.54, 1.807) is 0 Å². The van der Waals surface area contributed by atoms with Crippen molar-refractivity contribution < 1.29 is 4.79 Å². The van der Waals surface area contributed by atoms with Crippen molar-refractivity contribution in [3.63, 3.8) is 0 Å². The van der Waals surface area contributed by atoms with Gasteiger partial charge in [0.15, 0.2) is 0 Å². The first kappa shape index (κ1) is 17.3. The third-order valence-electron chi connectivity index (χ3n) is 5.63. The number of benzene rings is 1. The molecule has 1 aromatic carbocycles. The number of piperazine rings is 1. The van der Waals surface area contributed by atoms with Crippen molar-refractivity contribution in [2.75, 3.05) is 25.4 Å².